The molecule has 33 heavy (non-hydrogen) atoms. The quantitative estimate of drug-likeness (QED) is 0.581. The van der Waals surface area contributed by atoms with Crippen LogP contribution in [0.2, 0.25) is 5.02 Å². The van der Waals surface area contributed by atoms with Crippen LogP contribution < -0.4 is 5.32 Å². The molecule has 176 valence electrons. The largest absolute Gasteiger partial charge is 0.355 e. The number of amides is 3. The van der Waals surface area contributed by atoms with Crippen LogP contribution in [-0.4, -0.2) is 54.5 Å². The number of likely N-dealkylation sites (N-methyl/N-ethyl adjacent to an activating group) is 1. The molecule has 1 aliphatic heterocycles. The predicted octanol–water partition coefficient (Wildman–Crippen LogP) is 2.82. The van der Waals surface area contributed by atoms with Gasteiger partial charge < -0.3 is 10.2 Å². The molecule has 10 heteroatoms. The van der Waals surface area contributed by atoms with Gasteiger partial charge in [-0.3, -0.25) is 14.4 Å². The van der Waals surface area contributed by atoms with Crippen LogP contribution in [0.5, 0.6) is 0 Å². The first-order chi connectivity index (χ1) is 15.7. The minimum Gasteiger partial charge on any atom is -0.355 e. The normalized spacial score (nSPS) is 15.1. The van der Waals surface area contributed by atoms with Gasteiger partial charge in [-0.2, -0.15) is 0 Å². The number of hydrogen-bond donors (Lipinski definition) is 1. The Morgan fingerprint density at radius 1 is 1.15 bits per heavy atom. The Morgan fingerprint density at radius 3 is 2.55 bits per heavy atom. The van der Waals surface area contributed by atoms with E-state index in [0.29, 0.717) is 11.6 Å². The third-order valence-electron chi connectivity index (χ3n) is 5.42. The Kier molecular flexibility index (Phi) is 7.76. The highest BCUT2D eigenvalue weighted by atomic mass is 35.5. The highest BCUT2D eigenvalue weighted by Gasteiger charge is 2.40. The summed E-state index contributed by atoms with van der Waals surface area (Å²) in [5.41, 5.74) is 0.899. The first kappa shape index (κ1) is 24.7. The fraction of sp³-hybridized carbons (Fsp3) is 0.348. The van der Waals surface area contributed by atoms with Crippen molar-refractivity contribution in [2.45, 2.75) is 44.2 Å². The van der Waals surface area contributed by atoms with Crippen molar-refractivity contribution in [3.8, 4) is 0 Å². The second-order valence-corrected chi connectivity index (χ2v) is 9.97. The Hall–Kier alpha value is -2.91. The van der Waals surface area contributed by atoms with Crippen LogP contribution in [0.4, 0.5) is 0 Å². The van der Waals surface area contributed by atoms with Crippen LogP contribution in [0.3, 0.4) is 0 Å². The van der Waals surface area contributed by atoms with E-state index in [9.17, 15) is 22.8 Å². The summed E-state index contributed by atoms with van der Waals surface area (Å²) in [7, 11) is -3.92. The van der Waals surface area contributed by atoms with Gasteiger partial charge in [0.2, 0.25) is 11.8 Å². The molecule has 0 spiro atoms. The molecule has 1 N–H and O–H groups in total. The molecule has 8 nitrogen and oxygen atoms in total. The summed E-state index contributed by atoms with van der Waals surface area (Å²) in [6.07, 6.45) is 0.103. The highest BCUT2D eigenvalue weighted by molar-refractivity contribution is 7.90. The first-order valence-electron chi connectivity index (χ1n) is 10.6. The molecule has 0 radical (unpaired) electrons. The van der Waals surface area contributed by atoms with Gasteiger partial charge in [0.15, 0.2) is 0 Å². The second kappa shape index (κ2) is 10.4. The first-order valence-corrected chi connectivity index (χ1v) is 12.5. The van der Waals surface area contributed by atoms with E-state index in [2.05, 4.69) is 5.32 Å². The number of halogens is 1. The van der Waals surface area contributed by atoms with Crippen molar-refractivity contribution >= 4 is 39.3 Å². The lowest BCUT2D eigenvalue weighted by molar-refractivity contribution is -0.140. The lowest BCUT2D eigenvalue weighted by Crippen LogP contribution is -2.47. The van der Waals surface area contributed by atoms with Gasteiger partial charge in [-0.15, -0.1) is 0 Å². The maximum Gasteiger partial charge on any atom is 0.269 e. The molecule has 0 saturated heterocycles. The molecule has 0 aliphatic carbocycles. The molecule has 0 fully saturated rings. The monoisotopic (exact) mass is 491 g/mol. The van der Waals surface area contributed by atoms with Crippen LogP contribution in [0.15, 0.2) is 53.4 Å². The summed E-state index contributed by atoms with van der Waals surface area (Å²) in [5.74, 6) is -1.21. The fourth-order valence-electron chi connectivity index (χ4n) is 3.71. The van der Waals surface area contributed by atoms with Crippen LogP contribution in [-0.2, 0) is 26.2 Å². The standard InChI is InChI=1S/C23H26ClN3O5S/c1-3-25-22(29)16(2)26(15-17-8-6-9-18(24)14-17)21(28)12-7-13-27-23(30)19-10-4-5-11-20(19)33(27,31)32/h4-6,8-11,14,16H,3,7,12-13,15H2,1-2H3,(H,25,29)/t16-/m1/s1. The highest BCUT2D eigenvalue weighted by Crippen LogP contribution is 2.30. The number of carbonyl (C=O) groups excluding carboxylic acids is 3. The zero-order valence-electron chi connectivity index (χ0n) is 18.5. The van der Waals surface area contributed by atoms with Gasteiger partial charge >= 0.3 is 0 Å². The number of hydrogen-bond acceptors (Lipinski definition) is 5. The molecule has 0 saturated carbocycles. The number of sulfonamides is 1. The van der Waals surface area contributed by atoms with Crippen LogP contribution in [0, 0.1) is 0 Å². The molecule has 2 aromatic carbocycles. The minimum absolute atomic E-state index is 0.0197. The summed E-state index contributed by atoms with van der Waals surface area (Å²) in [5, 5.41) is 3.23. The summed E-state index contributed by atoms with van der Waals surface area (Å²) in [4.78, 5) is 39.5. The van der Waals surface area contributed by atoms with E-state index >= 15 is 0 Å². The number of benzene rings is 2. The van der Waals surface area contributed by atoms with Gasteiger partial charge in [-0.05, 0) is 50.1 Å². The van der Waals surface area contributed by atoms with Gasteiger partial charge in [0.25, 0.3) is 15.9 Å². The molecule has 1 atom stereocenters. The summed E-state index contributed by atoms with van der Waals surface area (Å²) >= 11 is 6.06. The third kappa shape index (κ3) is 5.36. The van der Waals surface area contributed by atoms with Crippen LogP contribution in [0.1, 0.15) is 42.6 Å². The number of carbonyl (C=O) groups is 3. The van der Waals surface area contributed by atoms with Crippen LogP contribution in [0.25, 0.3) is 0 Å². The van der Waals surface area contributed by atoms with Gasteiger partial charge in [0.05, 0.1) is 5.56 Å². The summed E-state index contributed by atoms with van der Waals surface area (Å²) in [6, 6.07) is 12.3. The zero-order valence-corrected chi connectivity index (χ0v) is 20.0. The van der Waals surface area contributed by atoms with E-state index in [4.69, 9.17) is 11.6 Å². The van der Waals surface area contributed by atoms with Crippen molar-refractivity contribution in [2.75, 3.05) is 13.1 Å². The Labute approximate surface area is 198 Å². The lowest BCUT2D eigenvalue weighted by Gasteiger charge is -2.29. The Balaban J connectivity index is 1.70. The fourth-order valence-corrected chi connectivity index (χ4v) is 5.53. The van der Waals surface area contributed by atoms with E-state index in [-0.39, 0.29) is 48.2 Å². The third-order valence-corrected chi connectivity index (χ3v) is 7.50. The second-order valence-electron chi connectivity index (χ2n) is 7.70. The molecular formula is C23H26ClN3O5S. The lowest BCUT2D eigenvalue weighted by atomic mass is 10.1. The molecule has 1 heterocycles. The van der Waals surface area contributed by atoms with Crippen molar-refractivity contribution < 1.29 is 22.8 Å². The van der Waals surface area contributed by atoms with E-state index in [1.54, 1.807) is 44.2 Å². The van der Waals surface area contributed by atoms with Gasteiger partial charge in [-0.25, -0.2) is 12.7 Å². The molecule has 0 aromatic heterocycles. The van der Waals surface area contributed by atoms with E-state index in [0.717, 1.165) is 9.87 Å². The van der Waals surface area contributed by atoms with E-state index in [1.807, 2.05) is 6.07 Å². The smallest absolute Gasteiger partial charge is 0.269 e. The van der Waals surface area contributed by atoms with E-state index in [1.165, 1.54) is 17.0 Å². The average molecular weight is 492 g/mol. The van der Waals surface area contributed by atoms with Crippen molar-refractivity contribution in [3.05, 3.63) is 64.7 Å². The number of rotatable bonds is 9. The minimum atomic E-state index is -3.92. The number of nitrogens with zero attached hydrogens (tertiary/aromatic N) is 2. The van der Waals surface area contributed by atoms with Crippen molar-refractivity contribution in [1.29, 1.82) is 0 Å². The molecule has 2 aromatic rings. The van der Waals surface area contributed by atoms with Crippen molar-refractivity contribution in [3.63, 3.8) is 0 Å². The molecule has 0 unspecified atom stereocenters. The van der Waals surface area contributed by atoms with Gasteiger partial charge in [-0.1, -0.05) is 35.9 Å². The topological polar surface area (TPSA) is 104 Å². The van der Waals surface area contributed by atoms with Crippen molar-refractivity contribution in [2.24, 2.45) is 0 Å². The summed E-state index contributed by atoms with van der Waals surface area (Å²) in [6.45, 7) is 3.90. The predicted molar refractivity (Wildman–Crippen MR) is 124 cm³/mol. The van der Waals surface area contributed by atoms with Crippen LogP contribution >= 0.6 is 11.6 Å². The molecule has 1 aliphatic rings. The van der Waals surface area contributed by atoms with Crippen molar-refractivity contribution in [1.82, 2.24) is 14.5 Å². The Bertz CT molecular complexity index is 1170. The molecule has 3 amide bonds. The van der Waals surface area contributed by atoms with Gasteiger partial charge in [0.1, 0.15) is 10.9 Å². The number of fused-ring (bicyclic) bond motifs is 1. The molecule has 3 rings (SSSR count). The Morgan fingerprint density at radius 2 is 1.88 bits per heavy atom. The zero-order chi connectivity index (χ0) is 24.2. The SMILES string of the molecule is CCNC(=O)[C@@H](C)N(Cc1cccc(Cl)c1)C(=O)CCCN1C(=O)c2ccccc2S1(=O)=O. The van der Waals surface area contributed by atoms with E-state index < -0.39 is 22.0 Å². The number of nitrogens with one attached hydrogen (secondary N) is 1. The maximum atomic E-state index is 13.1. The maximum absolute atomic E-state index is 13.1. The molecular weight excluding hydrogens is 466 g/mol. The molecule has 0 bridgehead atoms. The average Bonchev–Trinajstić information content (AvgIpc) is 2.98. The van der Waals surface area contributed by atoms with Gasteiger partial charge in [0, 0.05) is 31.1 Å². The summed E-state index contributed by atoms with van der Waals surface area (Å²) < 4.78 is 26.2.